The Labute approximate surface area is 101 Å². The van der Waals surface area contributed by atoms with Crippen molar-refractivity contribution >= 4 is 11.3 Å². The van der Waals surface area contributed by atoms with E-state index in [2.05, 4.69) is 21.3 Å². The third kappa shape index (κ3) is 2.37. The number of hydrogen-bond donors (Lipinski definition) is 1. The van der Waals surface area contributed by atoms with E-state index in [1.807, 2.05) is 0 Å². The van der Waals surface area contributed by atoms with Crippen LogP contribution in [0.25, 0.3) is 5.52 Å². The monoisotopic (exact) mass is 254 g/mol. The molecule has 18 heavy (non-hydrogen) atoms. The Morgan fingerprint density at radius 2 is 2.22 bits per heavy atom. The van der Waals surface area contributed by atoms with Gasteiger partial charge in [0.05, 0.1) is 0 Å². The lowest BCUT2D eigenvalue weighted by atomic mass is 10.3. The molecule has 0 spiro atoms. The second-order valence-corrected chi connectivity index (χ2v) is 3.51. The zero-order valence-electron chi connectivity index (χ0n) is 9.20. The van der Waals surface area contributed by atoms with Crippen LogP contribution >= 0.6 is 0 Å². The predicted octanol–water partition coefficient (Wildman–Crippen LogP) is 2.18. The zero-order valence-corrected chi connectivity index (χ0v) is 9.20. The van der Waals surface area contributed by atoms with Gasteiger partial charge in [-0.3, -0.25) is 0 Å². The van der Waals surface area contributed by atoms with Gasteiger partial charge >= 0.3 is 6.18 Å². The molecule has 0 fully saturated rings. The Kier molecular flexibility index (Phi) is 3.10. The summed E-state index contributed by atoms with van der Waals surface area (Å²) < 4.78 is 38.7. The van der Waals surface area contributed by atoms with Crippen molar-refractivity contribution in [2.75, 3.05) is 11.9 Å². The molecule has 0 atom stereocenters. The summed E-state index contributed by atoms with van der Waals surface area (Å²) in [5, 5.41) is 6.32. The number of rotatable bonds is 3. The summed E-state index contributed by atoms with van der Waals surface area (Å²) in [5.41, 5.74) is -0.683. The van der Waals surface area contributed by atoms with Crippen LogP contribution in [0, 0.1) is 12.3 Å². The van der Waals surface area contributed by atoms with Crippen molar-refractivity contribution in [3.05, 3.63) is 24.2 Å². The lowest BCUT2D eigenvalue weighted by Gasteiger charge is -2.03. The van der Waals surface area contributed by atoms with Gasteiger partial charge in [0.15, 0.2) is 11.5 Å². The SMILES string of the molecule is C#CCCNc1nccn2nc(C(F)(F)F)cc12. The molecule has 0 aliphatic carbocycles. The molecule has 0 saturated heterocycles. The van der Waals surface area contributed by atoms with E-state index in [4.69, 9.17) is 6.42 Å². The minimum absolute atomic E-state index is 0.266. The highest BCUT2D eigenvalue weighted by Gasteiger charge is 2.34. The fraction of sp³-hybridized carbons (Fsp3) is 0.273. The van der Waals surface area contributed by atoms with Crippen LogP contribution in [-0.2, 0) is 6.18 Å². The van der Waals surface area contributed by atoms with Gasteiger partial charge in [-0.2, -0.15) is 18.3 Å². The predicted molar refractivity (Wildman–Crippen MR) is 59.9 cm³/mol. The minimum atomic E-state index is -4.47. The largest absolute Gasteiger partial charge is 0.435 e. The molecule has 2 rings (SSSR count). The van der Waals surface area contributed by atoms with Crippen molar-refractivity contribution in [3.8, 4) is 12.3 Å². The van der Waals surface area contributed by atoms with E-state index in [1.165, 1.54) is 12.4 Å². The van der Waals surface area contributed by atoms with Crippen molar-refractivity contribution in [1.29, 1.82) is 0 Å². The van der Waals surface area contributed by atoms with Crippen LogP contribution in [0.1, 0.15) is 12.1 Å². The van der Waals surface area contributed by atoms with Gasteiger partial charge in [-0.15, -0.1) is 12.3 Å². The molecule has 4 nitrogen and oxygen atoms in total. The Hall–Kier alpha value is -2.23. The second kappa shape index (κ2) is 4.56. The van der Waals surface area contributed by atoms with Crippen LogP contribution in [-0.4, -0.2) is 21.1 Å². The van der Waals surface area contributed by atoms with Gasteiger partial charge in [-0.05, 0) is 0 Å². The van der Waals surface area contributed by atoms with E-state index in [1.54, 1.807) is 0 Å². The molecule has 2 aromatic heterocycles. The van der Waals surface area contributed by atoms with Crippen LogP contribution < -0.4 is 5.32 Å². The van der Waals surface area contributed by atoms with Gasteiger partial charge in [0.1, 0.15) is 5.52 Å². The number of terminal acetylenes is 1. The standard InChI is InChI=1S/C11H9F3N4/c1-2-3-4-15-10-8-7-9(11(12,13)14)17-18(8)6-5-16-10/h1,5-7H,3-4H2,(H,15,16). The van der Waals surface area contributed by atoms with E-state index in [0.717, 1.165) is 10.6 Å². The smallest absolute Gasteiger partial charge is 0.367 e. The maximum absolute atomic E-state index is 12.5. The Morgan fingerprint density at radius 1 is 1.44 bits per heavy atom. The molecular formula is C11H9F3N4. The molecule has 0 saturated carbocycles. The highest BCUT2D eigenvalue weighted by molar-refractivity contribution is 5.67. The zero-order chi connectivity index (χ0) is 13.2. The highest BCUT2D eigenvalue weighted by Crippen LogP contribution is 2.29. The second-order valence-electron chi connectivity index (χ2n) is 3.51. The Morgan fingerprint density at radius 3 is 2.89 bits per heavy atom. The van der Waals surface area contributed by atoms with Crippen molar-refractivity contribution in [2.45, 2.75) is 12.6 Å². The molecule has 0 radical (unpaired) electrons. The highest BCUT2D eigenvalue weighted by atomic mass is 19.4. The average Bonchev–Trinajstić information content (AvgIpc) is 2.73. The lowest BCUT2D eigenvalue weighted by Crippen LogP contribution is -2.05. The van der Waals surface area contributed by atoms with Gasteiger partial charge < -0.3 is 5.32 Å². The van der Waals surface area contributed by atoms with Crippen LogP contribution in [0.3, 0.4) is 0 Å². The van der Waals surface area contributed by atoms with Crippen LogP contribution in [0.2, 0.25) is 0 Å². The summed E-state index contributed by atoms with van der Waals surface area (Å²) in [5.74, 6) is 2.75. The number of fused-ring (bicyclic) bond motifs is 1. The topological polar surface area (TPSA) is 42.2 Å². The van der Waals surface area contributed by atoms with Gasteiger partial charge in [0.2, 0.25) is 0 Å². The molecule has 0 aliphatic heterocycles. The molecule has 0 amide bonds. The first-order chi connectivity index (χ1) is 8.52. The number of anilines is 1. The fourth-order valence-electron chi connectivity index (χ4n) is 1.45. The first kappa shape index (κ1) is 12.2. The molecule has 2 heterocycles. The number of alkyl halides is 3. The van der Waals surface area contributed by atoms with E-state index in [-0.39, 0.29) is 5.52 Å². The molecule has 2 aromatic rings. The van der Waals surface area contributed by atoms with Crippen LogP contribution in [0.4, 0.5) is 19.0 Å². The molecule has 7 heteroatoms. The molecule has 1 N–H and O–H groups in total. The van der Waals surface area contributed by atoms with Crippen molar-refractivity contribution < 1.29 is 13.2 Å². The summed E-state index contributed by atoms with van der Waals surface area (Å²) >= 11 is 0. The molecule has 0 bridgehead atoms. The maximum Gasteiger partial charge on any atom is 0.435 e. The number of halogens is 3. The summed E-state index contributed by atoms with van der Waals surface area (Å²) in [6, 6.07) is 0.950. The number of nitrogens with zero attached hydrogens (tertiary/aromatic N) is 3. The molecular weight excluding hydrogens is 245 g/mol. The third-order valence-electron chi connectivity index (χ3n) is 2.24. The number of aromatic nitrogens is 3. The van der Waals surface area contributed by atoms with Gasteiger partial charge in [-0.25, -0.2) is 9.50 Å². The number of hydrogen-bond acceptors (Lipinski definition) is 3. The Balaban J connectivity index is 2.37. The van der Waals surface area contributed by atoms with E-state index < -0.39 is 11.9 Å². The third-order valence-corrected chi connectivity index (χ3v) is 2.24. The van der Waals surface area contributed by atoms with Gasteiger partial charge in [-0.1, -0.05) is 0 Å². The summed E-state index contributed by atoms with van der Waals surface area (Å²) in [4.78, 5) is 3.97. The van der Waals surface area contributed by atoms with Gasteiger partial charge in [0.25, 0.3) is 0 Å². The van der Waals surface area contributed by atoms with E-state index in [0.29, 0.717) is 18.8 Å². The van der Waals surface area contributed by atoms with Crippen molar-refractivity contribution in [2.24, 2.45) is 0 Å². The quantitative estimate of drug-likeness (QED) is 0.674. The average molecular weight is 254 g/mol. The summed E-state index contributed by atoms with van der Waals surface area (Å²) in [7, 11) is 0. The van der Waals surface area contributed by atoms with Crippen LogP contribution in [0.5, 0.6) is 0 Å². The number of nitrogens with one attached hydrogen (secondary N) is 1. The van der Waals surface area contributed by atoms with Crippen molar-refractivity contribution in [3.63, 3.8) is 0 Å². The first-order valence-corrected chi connectivity index (χ1v) is 5.11. The molecule has 0 aliphatic rings. The minimum Gasteiger partial charge on any atom is -0.367 e. The van der Waals surface area contributed by atoms with Crippen molar-refractivity contribution in [1.82, 2.24) is 14.6 Å². The lowest BCUT2D eigenvalue weighted by molar-refractivity contribution is -0.141. The van der Waals surface area contributed by atoms with Gasteiger partial charge in [0, 0.05) is 31.4 Å². The summed E-state index contributed by atoms with van der Waals surface area (Å²) in [6.07, 6.45) is 3.81. The van der Waals surface area contributed by atoms with E-state index in [9.17, 15) is 13.2 Å². The summed E-state index contributed by atoms with van der Waals surface area (Å²) in [6.45, 7) is 0.440. The molecule has 94 valence electrons. The van der Waals surface area contributed by atoms with E-state index >= 15 is 0 Å². The van der Waals surface area contributed by atoms with Crippen LogP contribution in [0.15, 0.2) is 18.5 Å². The molecule has 0 unspecified atom stereocenters. The normalized spacial score (nSPS) is 11.4. The fourth-order valence-corrected chi connectivity index (χ4v) is 1.45. The first-order valence-electron chi connectivity index (χ1n) is 5.11. The Bertz CT molecular complexity index is 594. The maximum atomic E-state index is 12.5. The molecule has 0 aromatic carbocycles.